The molecule has 0 spiro atoms. The number of halogens is 3. The van der Waals surface area contributed by atoms with E-state index < -0.39 is 42.2 Å². The summed E-state index contributed by atoms with van der Waals surface area (Å²) in [6.07, 6.45) is 0.116. The summed E-state index contributed by atoms with van der Waals surface area (Å²) in [5.74, 6) is -0.701. The average molecular weight is 631 g/mol. The molecule has 1 aromatic carbocycles. The van der Waals surface area contributed by atoms with Gasteiger partial charge in [0, 0.05) is 44.4 Å². The Morgan fingerprint density at radius 1 is 1.13 bits per heavy atom. The molecule has 0 radical (unpaired) electrons. The monoisotopic (exact) mass is 630 g/mol. The van der Waals surface area contributed by atoms with Crippen LogP contribution >= 0.6 is 0 Å². The minimum atomic E-state index is -4.57. The molecule has 244 valence electrons. The molecule has 1 amide bonds. The molecular weight excluding hydrogens is 589 g/mol. The van der Waals surface area contributed by atoms with Crippen LogP contribution in [-0.2, 0) is 21.5 Å². The molecule has 1 aliphatic rings. The number of rotatable bonds is 13. The molecule has 10 nitrogen and oxygen atoms in total. The maximum Gasteiger partial charge on any atom is 0.405 e. The number of β-amino-alcohol motifs (C(OH)–C–C–N with tert-alkyl or cyclic N) is 1. The van der Waals surface area contributed by atoms with Gasteiger partial charge in [-0.3, -0.25) is 24.4 Å². The van der Waals surface area contributed by atoms with Crippen LogP contribution in [0, 0.1) is 5.92 Å². The van der Waals surface area contributed by atoms with E-state index in [0.717, 1.165) is 5.56 Å². The number of nitrogens with zero attached hydrogens (tertiary/aromatic N) is 5. The number of ether oxygens (including phenoxy) is 1. The van der Waals surface area contributed by atoms with Crippen LogP contribution in [-0.4, -0.2) is 99.5 Å². The van der Waals surface area contributed by atoms with Gasteiger partial charge >= 0.3 is 6.18 Å². The number of ketones is 1. The van der Waals surface area contributed by atoms with Gasteiger partial charge in [-0.1, -0.05) is 30.3 Å². The SMILES string of the molecule is COc1cncc(-n2ccc(C(C)(C)N3CCN(C[C@@H](O)C[C@@H](Cc4ccccc4)C(C)=O)[C@H](C(=O)NCC(F)(F)F)C3)n2)c1. The molecule has 2 N–H and O–H groups in total. The van der Waals surface area contributed by atoms with Crippen LogP contribution in [0.15, 0.2) is 61.1 Å². The predicted octanol–water partition coefficient (Wildman–Crippen LogP) is 3.37. The van der Waals surface area contributed by atoms with Gasteiger partial charge in [0.05, 0.1) is 42.5 Å². The number of aliphatic hydroxyl groups is 1. The van der Waals surface area contributed by atoms with Crippen molar-refractivity contribution in [3.8, 4) is 11.4 Å². The quantitative estimate of drug-likeness (QED) is 0.296. The topological polar surface area (TPSA) is 113 Å². The van der Waals surface area contributed by atoms with Crippen molar-refractivity contribution in [3.05, 3.63) is 72.3 Å². The van der Waals surface area contributed by atoms with Crippen LogP contribution < -0.4 is 10.1 Å². The zero-order chi connectivity index (χ0) is 32.8. The number of nitrogens with one attached hydrogen (secondary N) is 1. The number of carbonyl (C=O) groups excluding carboxylic acids is 2. The number of methoxy groups -OCH3 is 1. The van der Waals surface area contributed by atoms with Crippen LogP contribution in [0.5, 0.6) is 5.75 Å². The largest absolute Gasteiger partial charge is 0.495 e. The normalized spacial score (nSPS) is 17.9. The Hall–Kier alpha value is -3.81. The van der Waals surface area contributed by atoms with Gasteiger partial charge in [-0.05, 0) is 45.2 Å². The summed E-state index contributed by atoms with van der Waals surface area (Å²) < 4.78 is 46.0. The summed E-state index contributed by atoms with van der Waals surface area (Å²) in [6.45, 7) is 4.85. The highest BCUT2D eigenvalue weighted by atomic mass is 19.4. The van der Waals surface area contributed by atoms with Crippen molar-refractivity contribution in [3.63, 3.8) is 0 Å². The van der Waals surface area contributed by atoms with Crippen molar-refractivity contribution in [2.24, 2.45) is 5.92 Å². The summed E-state index contributed by atoms with van der Waals surface area (Å²) in [4.78, 5) is 33.5. The summed E-state index contributed by atoms with van der Waals surface area (Å²) >= 11 is 0. The van der Waals surface area contributed by atoms with Crippen molar-refractivity contribution in [1.29, 1.82) is 0 Å². The van der Waals surface area contributed by atoms with Crippen LogP contribution in [0.1, 0.15) is 38.4 Å². The first-order valence-corrected chi connectivity index (χ1v) is 14.9. The predicted molar refractivity (Wildman–Crippen MR) is 162 cm³/mol. The molecule has 0 unspecified atom stereocenters. The summed E-state index contributed by atoms with van der Waals surface area (Å²) in [6, 6.07) is 12.2. The van der Waals surface area contributed by atoms with Crippen molar-refractivity contribution >= 4 is 11.7 Å². The number of hydrogen-bond donors (Lipinski definition) is 2. The molecule has 45 heavy (non-hydrogen) atoms. The molecule has 3 heterocycles. The maximum absolute atomic E-state index is 13.2. The highest BCUT2D eigenvalue weighted by molar-refractivity contribution is 5.82. The van der Waals surface area contributed by atoms with E-state index in [2.05, 4.69) is 4.98 Å². The molecule has 0 aliphatic carbocycles. The van der Waals surface area contributed by atoms with Gasteiger partial charge < -0.3 is 15.2 Å². The molecule has 1 saturated heterocycles. The van der Waals surface area contributed by atoms with Crippen molar-refractivity contribution in [2.45, 2.75) is 57.5 Å². The van der Waals surface area contributed by atoms with Gasteiger partial charge in [0.25, 0.3) is 0 Å². The molecule has 3 atom stereocenters. The van der Waals surface area contributed by atoms with E-state index in [-0.39, 0.29) is 25.3 Å². The Balaban J connectivity index is 1.49. The second-order valence-corrected chi connectivity index (χ2v) is 12.0. The summed E-state index contributed by atoms with van der Waals surface area (Å²) in [5, 5.41) is 17.8. The van der Waals surface area contributed by atoms with E-state index in [4.69, 9.17) is 9.84 Å². The standard InChI is InChI=1S/C32H41F3N6O4/c1-22(42)24(14-23-8-6-5-7-9-23)15-26(43)19-39-12-13-40(20-28(39)30(44)37-21-32(33,34)35)31(2,3)29-10-11-41(38-29)25-16-27(45-4)18-36-17-25/h5-11,16-18,24,26,28,43H,12-15,19-21H2,1-4H3,(H,37,44)/t24-,26+,28+/m1/s1. The second kappa shape index (κ2) is 14.5. The number of amides is 1. The molecular formula is C32H41F3N6O4. The minimum Gasteiger partial charge on any atom is -0.495 e. The maximum atomic E-state index is 13.2. The minimum absolute atomic E-state index is 0.0361. The van der Waals surface area contributed by atoms with E-state index in [1.165, 1.54) is 6.92 Å². The van der Waals surface area contributed by atoms with E-state index in [9.17, 15) is 27.9 Å². The lowest BCUT2D eigenvalue weighted by Gasteiger charge is -2.47. The molecule has 1 aliphatic heterocycles. The van der Waals surface area contributed by atoms with Gasteiger partial charge in [-0.25, -0.2) is 4.68 Å². The second-order valence-electron chi connectivity index (χ2n) is 12.0. The van der Waals surface area contributed by atoms with E-state index in [1.807, 2.05) is 60.5 Å². The van der Waals surface area contributed by atoms with E-state index >= 15 is 0 Å². The molecule has 0 bridgehead atoms. The number of benzene rings is 1. The third-order valence-electron chi connectivity index (χ3n) is 8.36. The molecule has 2 aromatic heterocycles. The highest BCUT2D eigenvalue weighted by Gasteiger charge is 2.41. The fraction of sp³-hybridized carbons (Fsp3) is 0.500. The molecule has 0 saturated carbocycles. The van der Waals surface area contributed by atoms with Crippen molar-refractivity contribution in [1.82, 2.24) is 29.9 Å². The summed E-state index contributed by atoms with van der Waals surface area (Å²) in [5.41, 5.74) is 1.66. The van der Waals surface area contributed by atoms with Crippen molar-refractivity contribution in [2.75, 3.05) is 39.8 Å². The number of hydrogen-bond acceptors (Lipinski definition) is 8. The van der Waals surface area contributed by atoms with Crippen LogP contribution in [0.4, 0.5) is 13.2 Å². The zero-order valence-corrected chi connectivity index (χ0v) is 26.0. The van der Waals surface area contributed by atoms with Gasteiger partial charge in [0.15, 0.2) is 0 Å². The number of aliphatic hydroxyl groups excluding tert-OH is 1. The number of Topliss-reactive ketones (excluding diaryl/α,β-unsaturated/α-hetero) is 1. The lowest BCUT2D eigenvalue weighted by molar-refractivity contribution is -0.144. The first kappa shape index (κ1) is 34.1. The van der Waals surface area contributed by atoms with Gasteiger partial charge in [-0.2, -0.15) is 18.3 Å². The number of alkyl halides is 3. The molecule has 3 aromatic rings. The first-order valence-electron chi connectivity index (χ1n) is 14.9. The van der Waals surface area contributed by atoms with E-state index in [1.54, 1.807) is 41.3 Å². The molecule has 13 heteroatoms. The molecule has 4 rings (SSSR count). The zero-order valence-electron chi connectivity index (χ0n) is 26.0. The lowest BCUT2D eigenvalue weighted by atomic mass is 9.90. The first-order chi connectivity index (χ1) is 21.3. The average Bonchev–Trinajstić information content (AvgIpc) is 3.51. The Morgan fingerprint density at radius 3 is 2.53 bits per heavy atom. The Labute approximate surface area is 261 Å². The lowest BCUT2D eigenvalue weighted by Crippen LogP contribution is -2.63. The smallest absolute Gasteiger partial charge is 0.405 e. The Bertz CT molecular complexity index is 1430. The fourth-order valence-electron chi connectivity index (χ4n) is 5.67. The van der Waals surface area contributed by atoms with Crippen LogP contribution in [0.3, 0.4) is 0 Å². The number of aromatic nitrogens is 3. The van der Waals surface area contributed by atoms with Gasteiger partial charge in [-0.15, -0.1) is 0 Å². The van der Waals surface area contributed by atoms with Gasteiger partial charge in [0.1, 0.15) is 24.1 Å². The Morgan fingerprint density at radius 2 is 1.87 bits per heavy atom. The van der Waals surface area contributed by atoms with Crippen LogP contribution in [0.25, 0.3) is 5.69 Å². The van der Waals surface area contributed by atoms with Crippen molar-refractivity contribution < 1.29 is 32.6 Å². The highest BCUT2D eigenvalue weighted by Crippen LogP contribution is 2.30. The molecule has 1 fully saturated rings. The number of pyridine rings is 1. The summed E-state index contributed by atoms with van der Waals surface area (Å²) in [7, 11) is 1.55. The number of piperazine rings is 1. The third-order valence-corrected chi connectivity index (χ3v) is 8.36. The third kappa shape index (κ3) is 9.12. The number of carbonyl (C=O) groups is 2. The fourth-order valence-corrected chi connectivity index (χ4v) is 5.67. The van der Waals surface area contributed by atoms with E-state index in [0.29, 0.717) is 36.6 Å². The van der Waals surface area contributed by atoms with Crippen LogP contribution in [0.2, 0.25) is 0 Å². The van der Waals surface area contributed by atoms with Gasteiger partial charge in [0.2, 0.25) is 5.91 Å². The Kier molecular flexibility index (Phi) is 11.0.